The highest BCUT2D eigenvalue weighted by Gasteiger charge is 2.47. The van der Waals surface area contributed by atoms with E-state index in [9.17, 15) is 13.2 Å². The van der Waals surface area contributed by atoms with E-state index >= 15 is 0 Å². The highest BCUT2D eigenvalue weighted by atomic mass is 79.9. The molecular formula is C13H16BrF3N2S. The first-order valence-corrected chi connectivity index (χ1v) is 6.67. The van der Waals surface area contributed by atoms with Crippen molar-refractivity contribution in [2.75, 3.05) is 0 Å². The Labute approximate surface area is 131 Å². The summed E-state index contributed by atoms with van der Waals surface area (Å²) in [4.78, 5) is 4.26. The van der Waals surface area contributed by atoms with Crippen LogP contribution in [-0.4, -0.2) is 12.0 Å². The summed E-state index contributed by atoms with van der Waals surface area (Å²) in [6.45, 7) is 1.69. The van der Waals surface area contributed by atoms with Crippen molar-refractivity contribution in [3.05, 3.63) is 34.3 Å². The first kappa shape index (κ1) is 17.4. The zero-order chi connectivity index (χ0) is 14.3. The minimum atomic E-state index is -4.24. The summed E-state index contributed by atoms with van der Waals surface area (Å²) >= 11 is 3.32. The molecule has 20 heavy (non-hydrogen) atoms. The summed E-state index contributed by atoms with van der Waals surface area (Å²) in [5, 5.41) is 0. The second-order valence-corrected chi connectivity index (χ2v) is 5.95. The van der Waals surface area contributed by atoms with Gasteiger partial charge in [0.15, 0.2) is 0 Å². The fourth-order valence-corrected chi connectivity index (χ4v) is 2.85. The van der Waals surface area contributed by atoms with Gasteiger partial charge < -0.3 is 5.73 Å². The Balaban J connectivity index is 0.00000200. The molecule has 0 radical (unpaired) electrons. The number of aliphatic imine (C=N–C) groups is 1. The van der Waals surface area contributed by atoms with Gasteiger partial charge in [0.1, 0.15) is 0 Å². The predicted octanol–water partition coefficient (Wildman–Crippen LogP) is 4.11. The summed E-state index contributed by atoms with van der Waals surface area (Å²) in [5.41, 5.74) is 5.42. The molecule has 0 aliphatic carbocycles. The van der Waals surface area contributed by atoms with Crippen LogP contribution >= 0.6 is 29.4 Å². The molecule has 1 aliphatic rings. The van der Waals surface area contributed by atoms with Crippen LogP contribution in [0.1, 0.15) is 25.3 Å². The molecule has 7 heteroatoms. The maximum absolute atomic E-state index is 12.9. The quantitative estimate of drug-likeness (QED) is 0.795. The fraction of sp³-hybridized carbons (Fsp3) is 0.462. The molecule has 1 aromatic carbocycles. The lowest BCUT2D eigenvalue weighted by atomic mass is 9.79. The Morgan fingerprint density at radius 1 is 1.40 bits per heavy atom. The maximum atomic E-state index is 12.9. The molecule has 1 heterocycles. The Morgan fingerprint density at radius 3 is 2.60 bits per heavy atom. The Morgan fingerprint density at radius 2 is 2.05 bits per heavy atom. The van der Waals surface area contributed by atoms with Gasteiger partial charge in [-0.25, -0.2) is 0 Å². The van der Waals surface area contributed by atoms with Crippen molar-refractivity contribution < 1.29 is 13.2 Å². The average Bonchev–Trinajstić information content (AvgIpc) is 2.26. The third-order valence-corrected chi connectivity index (χ3v) is 3.89. The maximum Gasteiger partial charge on any atom is 0.392 e. The molecule has 0 saturated carbocycles. The van der Waals surface area contributed by atoms with Crippen LogP contribution in [0.25, 0.3) is 0 Å². The van der Waals surface area contributed by atoms with Crippen molar-refractivity contribution in [3.63, 3.8) is 0 Å². The molecular weight excluding hydrogens is 353 g/mol. The SMILES string of the molecule is CC1(c2cccc(Br)c2)CC(C(F)(F)F)CC(N)=N1.S. The summed E-state index contributed by atoms with van der Waals surface area (Å²) in [7, 11) is 0. The summed E-state index contributed by atoms with van der Waals surface area (Å²) < 4.78 is 39.6. The highest BCUT2D eigenvalue weighted by molar-refractivity contribution is 9.10. The molecule has 2 nitrogen and oxygen atoms in total. The van der Waals surface area contributed by atoms with E-state index < -0.39 is 17.6 Å². The topological polar surface area (TPSA) is 38.4 Å². The largest absolute Gasteiger partial charge is 0.392 e. The molecule has 0 saturated heterocycles. The van der Waals surface area contributed by atoms with E-state index in [1.807, 2.05) is 6.07 Å². The number of halogens is 4. The van der Waals surface area contributed by atoms with Crippen LogP contribution in [-0.2, 0) is 5.54 Å². The lowest BCUT2D eigenvalue weighted by molar-refractivity contribution is -0.179. The monoisotopic (exact) mass is 368 g/mol. The molecule has 2 atom stereocenters. The molecule has 1 aromatic rings. The van der Waals surface area contributed by atoms with Gasteiger partial charge in [-0.1, -0.05) is 28.1 Å². The molecule has 0 amide bonds. The van der Waals surface area contributed by atoms with E-state index in [2.05, 4.69) is 20.9 Å². The van der Waals surface area contributed by atoms with Crippen molar-refractivity contribution in [2.45, 2.75) is 31.5 Å². The van der Waals surface area contributed by atoms with Crippen molar-refractivity contribution in [1.82, 2.24) is 0 Å². The van der Waals surface area contributed by atoms with Gasteiger partial charge in [-0.2, -0.15) is 26.7 Å². The third kappa shape index (κ3) is 3.69. The fourth-order valence-electron chi connectivity index (χ4n) is 2.45. The van der Waals surface area contributed by atoms with Crippen LogP contribution in [0.5, 0.6) is 0 Å². The van der Waals surface area contributed by atoms with E-state index in [4.69, 9.17) is 5.73 Å². The second kappa shape index (κ2) is 5.97. The van der Waals surface area contributed by atoms with Gasteiger partial charge in [0.05, 0.1) is 17.3 Å². The first-order chi connectivity index (χ1) is 8.71. The number of rotatable bonds is 1. The third-order valence-electron chi connectivity index (χ3n) is 3.40. The van der Waals surface area contributed by atoms with Crippen LogP contribution in [0.3, 0.4) is 0 Å². The molecule has 2 rings (SSSR count). The van der Waals surface area contributed by atoms with Crippen molar-refractivity contribution in [2.24, 2.45) is 16.6 Å². The lowest BCUT2D eigenvalue weighted by Gasteiger charge is -2.36. The molecule has 2 N–H and O–H groups in total. The van der Waals surface area contributed by atoms with Gasteiger partial charge >= 0.3 is 6.18 Å². The van der Waals surface area contributed by atoms with Crippen molar-refractivity contribution >= 4 is 35.3 Å². The van der Waals surface area contributed by atoms with E-state index in [-0.39, 0.29) is 32.2 Å². The van der Waals surface area contributed by atoms with Gasteiger partial charge in [0.25, 0.3) is 0 Å². The number of hydrogen-bond acceptors (Lipinski definition) is 2. The summed E-state index contributed by atoms with van der Waals surface area (Å²) in [6.07, 6.45) is -4.53. The van der Waals surface area contributed by atoms with Gasteiger partial charge in [-0.3, -0.25) is 4.99 Å². The number of alkyl halides is 3. The van der Waals surface area contributed by atoms with E-state index in [1.54, 1.807) is 25.1 Å². The van der Waals surface area contributed by atoms with Gasteiger partial charge in [-0.05, 0) is 31.0 Å². The average molecular weight is 369 g/mol. The van der Waals surface area contributed by atoms with Crippen LogP contribution in [0, 0.1) is 5.92 Å². The number of hydrogen-bond donors (Lipinski definition) is 1. The van der Waals surface area contributed by atoms with Crippen LogP contribution < -0.4 is 5.73 Å². The van der Waals surface area contributed by atoms with Crippen LogP contribution in [0.4, 0.5) is 13.2 Å². The number of amidine groups is 1. The van der Waals surface area contributed by atoms with Gasteiger partial charge in [0.2, 0.25) is 0 Å². The predicted molar refractivity (Wildman–Crippen MR) is 82.3 cm³/mol. The van der Waals surface area contributed by atoms with E-state index in [0.717, 1.165) is 10.0 Å². The molecule has 0 aromatic heterocycles. The highest BCUT2D eigenvalue weighted by Crippen LogP contribution is 2.44. The summed E-state index contributed by atoms with van der Waals surface area (Å²) in [5.74, 6) is -1.37. The lowest BCUT2D eigenvalue weighted by Crippen LogP contribution is -2.40. The Bertz CT molecular complexity index is 519. The van der Waals surface area contributed by atoms with Gasteiger partial charge in [-0.15, -0.1) is 0 Å². The van der Waals surface area contributed by atoms with Gasteiger partial charge in [0, 0.05) is 10.9 Å². The smallest absolute Gasteiger partial charge is 0.387 e. The number of benzene rings is 1. The zero-order valence-corrected chi connectivity index (χ0v) is 13.4. The van der Waals surface area contributed by atoms with E-state index in [1.165, 1.54) is 0 Å². The standard InChI is InChI=1S/C13H14BrF3N2.H2S/c1-12(8-3-2-4-10(14)5-8)7-9(13(15,16)17)6-11(18)19-12;/h2-5,9H,6-7H2,1H3,(H2,18,19);1H2. The normalized spacial score (nSPS) is 26.6. The first-order valence-electron chi connectivity index (χ1n) is 5.88. The molecule has 2 unspecified atom stereocenters. The molecule has 112 valence electrons. The molecule has 0 spiro atoms. The van der Waals surface area contributed by atoms with Crippen LogP contribution in [0.2, 0.25) is 0 Å². The Kier molecular flexibility index (Phi) is 5.18. The number of nitrogens with two attached hydrogens (primary N) is 1. The molecule has 1 aliphatic heterocycles. The second-order valence-electron chi connectivity index (χ2n) is 5.03. The minimum Gasteiger partial charge on any atom is -0.387 e. The zero-order valence-electron chi connectivity index (χ0n) is 10.8. The molecule has 0 fully saturated rings. The minimum absolute atomic E-state index is 0. The molecule has 0 bridgehead atoms. The van der Waals surface area contributed by atoms with Crippen LogP contribution in [0.15, 0.2) is 33.7 Å². The van der Waals surface area contributed by atoms with Crippen molar-refractivity contribution in [3.8, 4) is 0 Å². The van der Waals surface area contributed by atoms with E-state index in [0.29, 0.717) is 0 Å². The summed E-state index contributed by atoms with van der Waals surface area (Å²) in [6, 6.07) is 7.17. The Hall–Kier alpha value is -0.690. The van der Waals surface area contributed by atoms with Crippen molar-refractivity contribution in [1.29, 1.82) is 0 Å². The number of nitrogens with zero attached hydrogens (tertiary/aromatic N) is 1.